The number of nitrogens with one attached hydrogen (secondary N) is 1. The van der Waals surface area contributed by atoms with Gasteiger partial charge in [0.1, 0.15) is 18.9 Å². The fourth-order valence-corrected chi connectivity index (χ4v) is 4.80. The summed E-state index contributed by atoms with van der Waals surface area (Å²) < 4.78 is 33.4. The van der Waals surface area contributed by atoms with Crippen molar-refractivity contribution in [3.05, 3.63) is 102 Å². The molecule has 0 spiro atoms. The lowest BCUT2D eigenvalue weighted by Gasteiger charge is -2.25. The number of nitrogens with zero attached hydrogens (tertiary/aromatic N) is 2. The predicted octanol–water partition coefficient (Wildman–Crippen LogP) is 4.21. The molecule has 176 valence electrons. The molecule has 0 radical (unpaired) electrons. The Morgan fingerprint density at radius 1 is 1.06 bits per heavy atom. The van der Waals surface area contributed by atoms with Gasteiger partial charge in [0.25, 0.3) is 15.9 Å². The van der Waals surface area contributed by atoms with Crippen LogP contribution >= 0.6 is 0 Å². The highest BCUT2D eigenvalue weighted by atomic mass is 32.2. The van der Waals surface area contributed by atoms with E-state index in [0.29, 0.717) is 23.6 Å². The van der Waals surface area contributed by atoms with E-state index < -0.39 is 22.5 Å². The smallest absolute Gasteiger partial charge is 0.264 e. The van der Waals surface area contributed by atoms with Crippen LogP contribution in [0.25, 0.3) is 0 Å². The molecule has 34 heavy (non-hydrogen) atoms. The summed E-state index contributed by atoms with van der Waals surface area (Å²) in [7, 11) is -3.98. The van der Waals surface area contributed by atoms with Crippen molar-refractivity contribution >= 4 is 27.8 Å². The Hall–Kier alpha value is -3.91. The highest BCUT2D eigenvalue weighted by molar-refractivity contribution is 7.92. The first-order valence-electron chi connectivity index (χ1n) is 10.6. The van der Waals surface area contributed by atoms with Crippen LogP contribution in [0.2, 0.25) is 0 Å². The van der Waals surface area contributed by atoms with Crippen LogP contribution in [0.4, 0.5) is 5.69 Å². The zero-order valence-electron chi connectivity index (χ0n) is 19.1. The van der Waals surface area contributed by atoms with Crippen molar-refractivity contribution in [2.75, 3.05) is 17.5 Å². The Kier molecular flexibility index (Phi) is 8.21. The highest BCUT2D eigenvalue weighted by Gasteiger charge is 2.28. The predicted molar refractivity (Wildman–Crippen MR) is 135 cm³/mol. The van der Waals surface area contributed by atoms with Crippen molar-refractivity contribution in [2.45, 2.75) is 18.7 Å². The molecule has 0 saturated carbocycles. The molecule has 0 heterocycles. The van der Waals surface area contributed by atoms with Gasteiger partial charge in [0, 0.05) is 0 Å². The Morgan fingerprint density at radius 2 is 1.82 bits per heavy atom. The normalized spacial score (nSPS) is 11.2. The largest absolute Gasteiger partial charge is 0.490 e. The second-order valence-corrected chi connectivity index (χ2v) is 9.44. The van der Waals surface area contributed by atoms with Crippen molar-refractivity contribution in [1.82, 2.24) is 5.43 Å². The van der Waals surface area contributed by atoms with E-state index in [1.54, 1.807) is 54.6 Å². The molecule has 0 saturated heterocycles. The molecule has 3 aromatic carbocycles. The van der Waals surface area contributed by atoms with E-state index in [1.165, 1.54) is 18.3 Å². The number of hydrogen-bond donors (Lipinski definition) is 1. The van der Waals surface area contributed by atoms with Gasteiger partial charge in [-0.2, -0.15) is 5.10 Å². The van der Waals surface area contributed by atoms with Crippen LogP contribution < -0.4 is 14.5 Å². The summed E-state index contributed by atoms with van der Waals surface area (Å²) in [5.74, 6) is 0.0694. The lowest BCUT2D eigenvalue weighted by Crippen LogP contribution is -2.40. The van der Waals surface area contributed by atoms with Crippen molar-refractivity contribution in [2.24, 2.45) is 5.10 Å². The lowest BCUT2D eigenvalue weighted by atomic mass is 10.1. The number of amides is 1. The van der Waals surface area contributed by atoms with Gasteiger partial charge in [0.2, 0.25) is 0 Å². The van der Waals surface area contributed by atoms with Gasteiger partial charge in [-0.25, -0.2) is 13.8 Å². The molecule has 0 atom stereocenters. The number of anilines is 1. The highest BCUT2D eigenvalue weighted by Crippen LogP contribution is 2.27. The van der Waals surface area contributed by atoms with Crippen LogP contribution in [0, 0.1) is 13.8 Å². The summed E-state index contributed by atoms with van der Waals surface area (Å²) in [6.07, 6.45) is 3.11. The summed E-state index contributed by atoms with van der Waals surface area (Å²) in [6, 6.07) is 20.6. The average molecular weight is 478 g/mol. The van der Waals surface area contributed by atoms with Crippen LogP contribution in [-0.2, 0) is 14.8 Å². The van der Waals surface area contributed by atoms with Crippen molar-refractivity contribution in [3.8, 4) is 5.75 Å². The fourth-order valence-electron chi connectivity index (χ4n) is 3.29. The number of carbonyl (C=O) groups is 1. The Bertz CT molecular complexity index is 1290. The van der Waals surface area contributed by atoms with E-state index >= 15 is 0 Å². The fraction of sp³-hybridized carbons (Fsp3) is 0.154. The van der Waals surface area contributed by atoms with Gasteiger partial charge in [-0.3, -0.25) is 9.10 Å². The number of hydrogen-bond acceptors (Lipinski definition) is 5. The summed E-state index contributed by atoms with van der Waals surface area (Å²) in [5.41, 5.74) is 5.29. The van der Waals surface area contributed by atoms with Crippen molar-refractivity contribution < 1.29 is 17.9 Å². The van der Waals surface area contributed by atoms with Crippen LogP contribution in [0.15, 0.2) is 95.4 Å². The summed E-state index contributed by atoms with van der Waals surface area (Å²) in [6.45, 7) is 7.30. The SMILES string of the molecule is C=CCOc1cccc(/C=N\NC(=O)CN(c2ccc(C)cc2C)S(=O)(=O)c2ccccc2)c1. The monoisotopic (exact) mass is 477 g/mol. The van der Waals surface area contributed by atoms with E-state index in [0.717, 1.165) is 15.4 Å². The van der Waals surface area contributed by atoms with E-state index in [1.807, 2.05) is 26.0 Å². The number of ether oxygens (including phenoxy) is 1. The molecule has 0 unspecified atom stereocenters. The molecule has 0 aliphatic heterocycles. The molecular weight excluding hydrogens is 450 g/mol. The number of benzene rings is 3. The van der Waals surface area contributed by atoms with E-state index in [2.05, 4.69) is 17.1 Å². The third-order valence-electron chi connectivity index (χ3n) is 4.87. The first kappa shape index (κ1) is 24.7. The molecule has 0 bridgehead atoms. The quantitative estimate of drug-likeness (QED) is 0.269. The minimum atomic E-state index is -3.98. The standard InChI is InChI=1S/C26H27N3O4S/c1-4-15-33-23-10-8-9-22(17-23)18-27-28-26(30)19-29(25-14-13-20(2)16-21(25)3)34(31,32)24-11-6-5-7-12-24/h4-14,16-18H,1,15,19H2,2-3H3,(H,28,30)/b27-18-. The molecule has 3 rings (SSSR count). The maximum absolute atomic E-state index is 13.4. The van der Waals surface area contributed by atoms with Gasteiger partial charge < -0.3 is 4.74 Å². The number of aryl methyl sites for hydroxylation is 2. The van der Waals surface area contributed by atoms with E-state index in [-0.39, 0.29) is 4.90 Å². The van der Waals surface area contributed by atoms with Gasteiger partial charge in [0.15, 0.2) is 0 Å². The molecule has 0 aromatic heterocycles. The number of rotatable bonds is 10. The van der Waals surface area contributed by atoms with Crippen LogP contribution in [0.3, 0.4) is 0 Å². The molecule has 8 heteroatoms. The average Bonchev–Trinajstić information content (AvgIpc) is 2.82. The maximum Gasteiger partial charge on any atom is 0.264 e. The number of carbonyl (C=O) groups excluding carboxylic acids is 1. The summed E-state index contributed by atoms with van der Waals surface area (Å²) in [5, 5.41) is 3.98. The lowest BCUT2D eigenvalue weighted by molar-refractivity contribution is -0.119. The zero-order valence-corrected chi connectivity index (χ0v) is 20.0. The zero-order chi connectivity index (χ0) is 24.6. The van der Waals surface area contributed by atoms with Crippen molar-refractivity contribution in [3.63, 3.8) is 0 Å². The Balaban J connectivity index is 1.81. The second-order valence-electron chi connectivity index (χ2n) is 7.58. The number of hydrazone groups is 1. The van der Waals surface area contributed by atoms with Gasteiger partial charge >= 0.3 is 0 Å². The molecule has 1 N–H and O–H groups in total. The Morgan fingerprint density at radius 3 is 2.53 bits per heavy atom. The van der Waals surface area contributed by atoms with Gasteiger partial charge in [-0.15, -0.1) is 0 Å². The van der Waals surface area contributed by atoms with Gasteiger partial charge in [-0.1, -0.05) is 60.7 Å². The first-order chi connectivity index (χ1) is 16.3. The van der Waals surface area contributed by atoms with Gasteiger partial charge in [-0.05, 0) is 55.3 Å². The van der Waals surface area contributed by atoms with Crippen LogP contribution in [0.1, 0.15) is 16.7 Å². The maximum atomic E-state index is 13.4. The summed E-state index contributed by atoms with van der Waals surface area (Å²) >= 11 is 0. The molecular formula is C26H27N3O4S. The molecule has 0 aliphatic carbocycles. The topological polar surface area (TPSA) is 88.1 Å². The van der Waals surface area contributed by atoms with Crippen LogP contribution in [-0.4, -0.2) is 33.7 Å². The van der Waals surface area contributed by atoms with E-state index in [9.17, 15) is 13.2 Å². The van der Waals surface area contributed by atoms with Gasteiger partial charge in [0.05, 0.1) is 16.8 Å². The Labute approximate surface area is 200 Å². The van der Waals surface area contributed by atoms with Crippen LogP contribution in [0.5, 0.6) is 5.75 Å². The third-order valence-corrected chi connectivity index (χ3v) is 6.64. The number of sulfonamides is 1. The second kappa shape index (κ2) is 11.3. The molecule has 0 fully saturated rings. The first-order valence-corrected chi connectivity index (χ1v) is 12.1. The third kappa shape index (κ3) is 6.32. The molecule has 7 nitrogen and oxygen atoms in total. The minimum Gasteiger partial charge on any atom is -0.490 e. The van der Waals surface area contributed by atoms with Crippen molar-refractivity contribution in [1.29, 1.82) is 0 Å². The molecule has 3 aromatic rings. The summed E-state index contributed by atoms with van der Waals surface area (Å²) in [4.78, 5) is 12.8. The van der Waals surface area contributed by atoms with E-state index in [4.69, 9.17) is 4.74 Å². The molecule has 1 amide bonds. The molecule has 0 aliphatic rings. The minimum absolute atomic E-state index is 0.0996.